The summed E-state index contributed by atoms with van der Waals surface area (Å²) in [5, 5.41) is 3.71. The molecule has 1 unspecified atom stereocenters. The average Bonchev–Trinajstić information content (AvgIpc) is 2.38. The Balaban J connectivity index is 2.15. The molecular weight excluding hydrogens is 255 g/mol. The Morgan fingerprint density at radius 2 is 2.39 bits per heavy atom. The highest BCUT2D eigenvalue weighted by Crippen LogP contribution is 2.26. The van der Waals surface area contributed by atoms with Gasteiger partial charge in [-0.15, -0.1) is 0 Å². The van der Waals surface area contributed by atoms with E-state index < -0.39 is 0 Å². The van der Waals surface area contributed by atoms with Crippen molar-refractivity contribution in [2.75, 3.05) is 19.6 Å². The molecule has 0 bridgehead atoms. The van der Waals surface area contributed by atoms with Crippen LogP contribution in [0.5, 0.6) is 0 Å². The lowest BCUT2D eigenvalue weighted by Gasteiger charge is -2.34. The number of hydrogen-bond acceptors (Lipinski definition) is 2. The van der Waals surface area contributed by atoms with Crippen LogP contribution >= 0.6 is 11.6 Å². The fourth-order valence-corrected chi connectivity index (χ4v) is 2.49. The molecule has 0 spiro atoms. The van der Waals surface area contributed by atoms with Crippen LogP contribution in [0.25, 0.3) is 0 Å². The number of piperazine rings is 1. The van der Waals surface area contributed by atoms with Gasteiger partial charge in [-0.2, -0.15) is 0 Å². The second-order valence-corrected chi connectivity index (χ2v) is 4.77. The van der Waals surface area contributed by atoms with E-state index in [9.17, 15) is 9.18 Å². The van der Waals surface area contributed by atoms with Crippen molar-refractivity contribution >= 4 is 17.5 Å². The van der Waals surface area contributed by atoms with E-state index >= 15 is 0 Å². The minimum atomic E-state index is -0.346. The Morgan fingerprint density at radius 3 is 3.06 bits per heavy atom. The van der Waals surface area contributed by atoms with Gasteiger partial charge in [-0.05, 0) is 17.7 Å². The molecule has 1 aromatic carbocycles. The SMILES string of the molecule is CCC(=O)N1CCNC(c2ccc(F)cc2Cl)C1. The molecule has 18 heavy (non-hydrogen) atoms. The van der Waals surface area contributed by atoms with Crippen molar-refractivity contribution in [3.8, 4) is 0 Å². The summed E-state index contributed by atoms with van der Waals surface area (Å²) in [6.45, 7) is 3.87. The zero-order chi connectivity index (χ0) is 13.1. The highest BCUT2D eigenvalue weighted by molar-refractivity contribution is 6.31. The summed E-state index contributed by atoms with van der Waals surface area (Å²) >= 11 is 6.04. The molecule has 1 aliphatic rings. The van der Waals surface area contributed by atoms with Crippen molar-refractivity contribution in [1.29, 1.82) is 0 Å². The highest BCUT2D eigenvalue weighted by atomic mass is 35.5. The van der Waals surface area contributed by atoms with Crippen molar-refractivity contribution in [1.82, 2.24) is 10.2 Å². The van der Waals surface area contributed by atoms with Crippen LogP contribution in [0.4, 0.5) is 4.39 Å². The lowest BCUT2D eigenvalue weighted by molar-refractivity contribution is -0.132. The van der Waals surface area contributed by atoms with Crippen molar-refractivity contribution < 1.29 is 9.18 Å². The molecule has 1 aliphatic heterocycles. The topological polar surface area (TPSA) is 32.3 Å². The highest BCUT2D eigenvalue weighted by Gasteiger charge is 2.24. The largest absolute Gasteiger partial charge is 0.340 e. The molecule has 1 N–H and O–H groups in total. The molecule has 5 heteroatoms. The van der Waals surface area contributed by atoms with E-state index in [1.807, 2.05) is 11.8 Å². The van der Waals surface area contributed by atoms with Gasteiger partial charge in [0, 0.05) is 31.1 Å². The Kier molecular flexibility index (Phi) is 4.19. The van der Waals surface area contributed by atoms with E-state index in [0.29, 0.717) is 24.5 Å². The molecule has 1 heterocycles. The number of rotatable bonds is 2. The molecule has 3 nitrogen and oxygen atoms in total. The summed E-state index contributed by atoms with van der Waals surface area (Å²) in [5.74, 6) is -0.208. The van der Waals surface area contributed by atoms with Gasteiger partial charge >= 0.3 is 0 Å². The molecule has 1 amide bonds. The normalized spacial score (nSPS) is 19.9. The molecular formula is C13H16ClFN2O. The van der Waals surface area contributed by atoms with Crippen LogP contribution in [-0.2, 0) is 4.79 Å². The van der Waals surface area contributed by atoms with Crippen molar-refractivity contribution in [3.63, 3.8) is 0 Å². The first-order valence-corrected chi connectivity index (χ1v) is 6.45. The summed E-state index contributed by atoms with van der Waals surface area (Å²) in [6.07, 6.45) is 0.504. The maximum Gasteiger partial charge on any atom is 0.222 e. The van der Waals surface area contributed by atoms with Gasteiger partial charge < -0.3 is 10.2 Å². The van der Waals surface area contributed by atoms with Gasteiger partial charge in [0.25, 0.3) is 0 Å². The quantitative estimate of drug-likeness (QED) is 0.895. The number of halogens is 2. The Hall–Kier alpha value is -1.13. The second kappa shape index (κ2) is 5.67. The molecule has 1 aromatic rings. The van der Waals surface area contributed by atoms with E-state index in [2.05, 4.69) is 5.32 Å². The zero-order valence-corrected chi connectivity index (χ0v) is 11.0. The number of carbonyl (C=O) groups excluding carboxylic acids is 1. The molecule has 2 rings (SSSR count). The predicted octanol–water partition coefficient (Wildman–Crippen LogP) is 2.36. The van der Waals surface area contributed by atoms with Gasteiger partial charge in [-0.25, -0.2) is 4.39 Å². The number of nitrogens with zero attached hydrogens (tertiary/aromatic N) is 1. The molecule has 0 saturated carbocycles. The van der Waals surface area contributed by atoms with Crippen molar-refractivity contribution in [2.24, 2.45) is 0 Å². The van der Waals surface area contributed by atoms with Crippen LogP contribution in [0.15, 0.2) is 18.2 Å². The van der Waals surface area contributed by atoms with Gasteiger partial charge in [0.15, 0.2) is 0 Å². The smallest absolute Gasteiger partial charge is 0.222 e. The van der Waals surface area contributed by atoms with Crippen molar-refractivity contribution in [2.45, 2.75) is 19.4 Å². The van der Waals surface area contributed by atoms with Crippen LogP contribution < -0.4 is 5.32 Å². The third-order valence-corrected chi connectivity index (χ3v) is 3.50. The molecule has 98 valence electrons. The lowest BCUT2D eigenvalue weighted by atomic mass is 10.0. The zero-order valence-electron chi connectivity index (χ0n) is 10.2. The first kappa shape index (κ1) is 13.3. The molecule has 1 fully saturated rings. The van der Waals surface area contributed by atoms with E-state index in [1.165, 1.54) is 12.1 Å². The van der Waals surface area contributed by atoms with E-state index in [-0.39, 0.29) is 17.8 Å². The molecule has 1 saturated heterocycles. The number of hydrogen-bond donors (Lipinski definition) is 1. The molecule has 0 aromatic heterocycles. The summed E-state index contributed by atoms with van der Waals surface area (Å²) in [6, 6.07) is 4.35. The predicted molar refractivity (Wildman–Crippen MR) is 69.0 cm³/mol. The van der Waals surface area contributed by atoms with E-state index in [4.69, 9.17) is 11.6 Å². The van der Waals surface area contributed by atoms with Crippen molar-refractivity contribution in [3.05, 3.63) is 34.6 Å². The van der Waals surface area contributed by atoms with Crippen LogP contribution in [0.1, 0.15) is 24.9 Å². The first-order chi connectivity index (χ1) is 8.61. The van der Waals surface area contributed by atoms with Gasteiger partial charge in [0.05, 0.1) is 6.04 Å². The number of carbonyl (C=O) groups is 1. The number of benzene rings is 1. The standard InChI is InChI=1S/C13H16ClFN2O/c1-2-13(18)17-6-5-16-12(8-17)10-4-3-9(15)7-11(10)14/h3-4,7,12,16H,2,5-6,8H2,1H3. The third-order valence-electron chi connectivity index (χ3n) is 3.17. The molecule has 1 atom stereocenters. The third kappa shape index (κ3) is 2.82. The average molecular weight is 271 g/mol. The van der Waals surface area contributed by atoms with Crippen LogP contribution in [0.3, 0.4) is 0 Å². The van der Waals surface area contributed by atoms with Crippen LogP contribution in [0, 0.1) is 5.82 Å². The maximum absolute atomic E-state index is 13.0. The second-order valence-electron chi connectivity index (χ2n) is 4.37. The van der Waals surface area contributed by atoms with E-state index in [1.54, 1.807) is 6.07 Å². The summed E-state index contributed by atoms with van der Waals surface area (Å²) in [5.41, 5.74) is 0.840. The summed E-state index contributed by atoms with van der Waals surface area (Å²) in [7, 11) is 0. The van der Waals surface area contributed by atoms with Gasteiger partial charge in [-0.3, -0.25) is 4.79 Å². The Labute approximate surface area is 111 Å². The van der Waals surface area contributed by atoms with Gasteiger partial charge in [-0.1, -0.05) is 24.6 Å². The van der Waals surface area contributed by atoms with Gasteiger partial charge in [0.1, 0.15) is 5.82 Å². The monoisotopic (exact) mass is 270 g/mol. The van der Waals surface area contributed by atoms with Crippen LogP contribution in [0.2, 0.25) is 5.02 Å². The minimum Gasteiger partial charge on any atom is -0.340 e. The fraction of sp³-hybridized carbons (Fsp3) is 0.462. The maximum atomic E-state index is 13.0. The van der Waals surface area contributed by atoms with E-state index in [0.717, 1.165) is 12.1 Å². The summed E-state index contributed by atoms with van der Waals surface area (Å²) in [4.78, 5) is 13.5. The Morgan fingerprint density at radius 1 is 1.61 bits per heavy atom. The minimum absolute atomic E-state index is 0.0256. The number of nitrogens with one attached hydrogen (secondary N) is 1. The number of amides is 1. The molecule has 0 radical (unpaired) electrons. The van der Waals surface area contributed by atoms with Gasteiger partial charge in [0.2, 0.25) is 5.91 Å². The Bertz CT molecular complexity index is 453. The molecule has 0 aliphatic carbocycles. The first-order valence-electron chi connectivity index (χ1n) is 6.08. The van der Waals surface area contributed by atoms with Crippen LogP contribution in [-0.4, -0.2) is 30.4 Å². The lowest BCUT2D eigenvalue weighted by Crippen LogP contribution is -2.48. The summed E-state index contributed by atoms with van der Waals surface area (Å²) < 4.78 is 13.0. The fourth-order valence-electron chi connectivity index (χ4n) is 2.19.